The first-order chi connectivity index (χ1) is 13.0. The summed E-state index contributed by atoms with van der Waals surface area (Å²) in [6.07, 6.45) is 0. The minimum absolute atomic E-state index is 0.120. The molecule has 6 heteroatoms. The molecular formula is C21H26N2O4. The maximum Gasteiger partial charge on any atom is 0.258 e. The first kappa shape index (κ1) is 20.3. The van der Waals surface area contributed by atoms with Gasteiger partial charge in [0.1, 0.15) is 0 Å². The highest BCUT2D eigenvalue weighted by molar-refractivity contribution is 5.94. The number of hydrogen-bond donors (Lipinski definition) is 2. The quantitative estimate of drug-likeness (QED) is 0.666. The van der Waals surface area contributed by atoms with Gasteiger partial charge in [0, 0.05) is 18.7 Å². The summed E-state index contributed by atoms with van der Waals surface area (Å²) in [5.74, 6) is 1.08. The van der Waals surface area contributed by atoms with E-state index in [9.17, 15) is 9.59 Å². The van der Waals surface area contributed by atoms with Gasteiger partial charge in [0.25, 0.3) is 11.8 Å². The lowest BCUT2D eigenvalue weighted by molar-refractivity contribution is -0.123. The molecule has 2 aromatic carbocycles. The van der Waals surface area contributed by atoms with Gasteiger partial charge in [0.15, 0.2) is 18.1 Å². The van der Waals surface area contributed by atoms with Crippen molar-refractivity contribution in [1.29, 1.82) is 0 Å². The van der Waals surface area contributed by atoms with Crippen molar-refractivity contribution in [3.8, 4) is 11.5 Å². The molecule has 0 heterocycles. The molecule has 0 aliphatic heterocycles. The van der Waals surface area contributed by atoms with E-state index in [1.165, 1.54) is 5.56 Å². The SMILES string of the molecule is COc1ccccc1OCC(=O)NCCNC(=O)c1ccc(C(C)C)cc1. The molecular weight excluding hydrogens is 344 g/mol. The Labute approximate surface area is 159 Å². The Bertz CT molecular complexity index is 757. The van der Waals surface area contributed by atoms with Crippen LogP contribution in [0.2, 0.25) is 0 Å². The minimum Gasteiger partial charge on any atom is -0.493 e. The first-order valence-electron chi connectivity index (χ1n) is 8.92. The van der Waals surface area contributed by atoms with Gasteiger partial charge in [0.05, 0.1) is 7.11 Å². The van der Waals surface area contributed by atoms with Crippen molar-refractivity contribution in [1.82, 2.24) is 10.6 Å². The van der Waals surface area contributed by atoms with E-state index in [1.807, 2.05) is 30.3 Å². The summed E-state index contributed by atoms with van der Waals surface area (Å²) in [4.78, 5) is 23.9. The van der Waals surface area contributed by atoms with E-state index < -0.39 is 0 Å². The zero-order valence-corrected chi connectivity index (χ0v) is 16.0. The average molecular weight is 370 g/mol. The molecule has 0 saturated carbocycles. The summed E-state index contributed by atoms with van der Waals surface area (Å²) in [5, 5.41) is 5.48. The molecule has 0 aromatic heterocycles. The van der Waals surface area contributed by atoms with Gasteiger partial charge in [-0.15, -0.1) is 0 Å². The number of amides is 2. The normalized spacial score (nSPS) is 10.4. The molecule has 0 spiro atoms. The number of methoxy groups -OCH3 is 1. The van der Waals surface area contributed by atoms with Gasteiger partial charge < -0.3 is 20.1 Å². The molecule has 0 unspecified atom stereocenters. The maximum absolute atomic E-state index is 12.1. The van der Waals surface area contributed by atoms with Crippen molar-refractivity contribution in [3.05, 3.63) is 59.7 Å². The Morgan fingerprint density at radius 1 is 0.926 bits per heavy atom. The number of carbonyl (C=O) groups is 2. The van der Waals surface area contributed by atoms with Crippen molar-refractivity contribution >= 4 is 11.8 Å². The van der Waals surface area contributed by atoms with Gasteiger partial charge in [-0.25, -0.2) is 0 Å². The Hall–Kier alpha value is -3.02. The predicted octanol–water partition coefficient (Wildman–Crippen LogP) is 2.74. The van der Waals surface area contributed by atoms with Crippen LogP contribution in [0.3, 0.4) is 0 Å². The van der Waals surface area contributed by atoms with Crippen molar-refractivity contribution in [2.75, 3.05) is 26.8 Å². The van der Waals surface area contributed by atoms with Gasteiger partial charge in [-0.05, 0) is 35.7 Å². The number of hydrogen-bond acceptors (Lipinski definition) is 4. The number of carbonyl (C=O) groups excluding carboxylic acids is 2. The Morgan fingerprint density at radius 3 is 2.19 bits per heavy atom. The second-order valence-corrected chi connectivity index (χ2v) is 6.32. The summed E-state index contributed by atoms with van der Waals surface area (Å²) < 4.78 is 10.6. The van der Waals surface area contributed by atoms with E-state index in [2.05, 4.69) is 24.5 Å². The molecule has 6 nitrogen and oxygen atoms in total. The van der Waals surface area contributed by atoms with Crippen LogP contribution in [0.4, 0.5) is 0 Å². The van der Waals surface area contributed by atoms with Gasteiger partial charge in [-0.2, -0.15) is 0 Å². The number of ether oxygens (including phenoxy) is 2. The predicted molar refractivity (Wildman–Crippen MR) is 104 cm³/mol. The highest BCUT2D eigenvalue weighted by Gasteiger charge is 2.08. The molecule has 0 saturated heterocycles. The summed E-state index contributed by atoms with van der Waals surface area (Å²) >= 11 is 0. The fourth-order valence-corrected chi connectivity index (χ4v) is 2.43. The number of para-hydroxylation sites is 2. The highest BCUT2D eigenvalue weighted by Crippen LogP contribution is 2.25. The largest absolute Gasteiger partial charge is 0.493 e. The monoisotopic (exact) mass is 370 g/mol. The van der Waals surface area contributed by atoms with Crippen LogP contribution in [-0.4, -0.2) is 38.6 Å². The van der Waals surface area contributed by atoms with Gasteiger partial charge >= 0.3 is 0 Å². The van der Waals surface area contributed by atoms with Crippen LogP contribution in [0.25, 0.3) is 0 Å². The summed E-state index contributed by atoms with van der Waals surface area (Å²) in [6, 6.07) is 14.7. The second-order valence-electron chi connectivity index (χ2n) is 6.32. The molecule has 144 valence electrons. The third-order valence-electron chi connectivity index (χ3n) is 4.00. The summed E-state index contributed by atoms with van der Waals surface area (Å²) in [6.45, 7) is 4.75. The van der Waals surface area contributed by atoms with Crippen LogP contribution in [-0.2, 0) is 4.79 Å². The lowest BCUT2D eigenvalue weighted by Crippen LogP contribution is -2.36. The molecule has 0 atom stereocenters. The Balaban J connectivity index is 1.68. The van der Waals surface area contributed by atoms with E-state index in [0.29, 0.717) is 36.1 Å². The number of nitrogens with one attached hydrogen (secondary N) is 2. The second kappa shape index (κ2) is 10.2. The van der Waals surface area contributed by atoms with E-state index in [-0.39, 0.29) is 18.4 Å². The molecule has 2 rings (SSSR count). The molecule has 27 heavy (non-hydrogen) atoms. The molecule has 0 aliphatic carbocycles. The third kappa shape index (κ3) is 6.33. The van der Waals surface area contributed by atoms with Crippen LogP contribution in [0.15, 0.2) is 48.5 Å². The van der Waals surface area contributed by atoms with E-state index in [0.717, 1.165) is 0 Å². The first-order valence-corrected chi connectivity index (χ1v) is 8.92. The van der Waals surface area contributed by atoms with Gasteiger partial charge in [-0.3, -0.25) is 9.59 Å². The Morgan fingerprint density at radius 2 is 1.56 bits per heavy atom. The minimum atomic E-state index is -0.267. The third-order valence-corrected chi connectivity index (χ3v) is 4.00. The zero-order valence-electron chi connectivity index (χ0n) is 16.0. The number of rotatable bonds is 9. The molecule has 2 aromatic rings. The van der Waals surface area contributed by atoms with Crippen LogP contribution < -0.4 is 20.1 Å². The van der Waals surface area contributed by atoms with Crippen LogP contribution in [0, 0.1) is 0 Å². The summed E-state index contributed by atoms with van der Waals surface area (Å²) in [5.41, 5.74) is 1.79. The number of benzene rings is 2. The lowest BCUT2D eigenvalue weighted by atomic mass is 10.0. The molecule has 0 radical (unpaired) electrons. The Kier molecular flexibility index (Phi) is 7.67. The molecule has 0 bridgehead atoms. The lowest BCUT2D eigenvalue weighted by Gasteiger charge is -2.11. The average Bonchev–Trinajstić information content (AvgIpc) is 2.69. The van der Waals surface area contributed by atoms with E-state index in [4.69, 9.17) is 9.47 Å². The molecule has 0 aliphatic rings. The highest BCUT2D eigenvalue weighted by atomic mass is 16.5. The molecule has 0 fully saturated rings. The van der Waals surface area contributed by atoms with E-state index in [1.54, 1.807) is 25.3 Å². The summed E-state index contributed by atoms with van der Waals surface area (Å²) in [7, 11) is 1.54. The molecule has 2 amide bonds. The van der Waals surface area contributed by atoms with Crippen LogP contribution in [0.1, 0.15) is 35.7 Å². The van der Waals surface area contributed by atoms with Crippen LogP contribution >= 0.6 is 0 Å². The fourth-order valence-electron chi connectivity index (χ4n) is 2.43. The van der Waals surface area contributed by atoms with Crippen molar-refractivity contribution in [3.63, 3.8) is 0 Å². The van der Waals surface area contributed by atoms with Gasteiger partial charge in [0.2, 0.25) is 0 Å². The van der Waals surface area contributed by atoms with E-state index >= 15 is 0 Å². The van der Waals surface area contributed by atoms with Crippen molar-refractivity contribution in [2.24, 2.45) is 0 Å². The maximum atomic E-state index is 12.1. The fraction of sp³-hybridized carbons (Fsp3) is 0.333. The van der Waals surface area contributed by atoms with Crippen molar-refractivity contribution < 1.29 is 19.1 Å². The van der Waals surface area contributed by atoms with Crippen molar-refractivity contribution in [2.45, 2.75) is 19.8 Å². The van der Waals surface area contributed by atoms with Crippen LogP contribution in [0.5, 0.6) is 11.5 Å². The standard InChI is InChI=1S/C21H26N2O4/c1-15(2)16-8-10-17(11-9-16)21(25)23-13-12-22-20(24)14-27-19-7-5-4-6-18(19)26-3/h4-11,15H,12-14H2,1-3H3,(H,22,24)(H,23,25). The smallest absolute Gasteiger partial charge is 0.258 e. The molecule has 2 N–H and O–H groups in total. The van der Waals surface area contributed by atoms with Gasteiger partial charge in [-0.1, -0.05) is 38.1 Å². The topological polar surface area (TPSA) is 76.7 Å². The zero-order chi connectivity index (χ0) is 19.6.